The molecule has 1 aliphatic rings. The number of rotatable bonds is 3. The number of hydrogen-bond acceptors (Lipinski definition) is 3. The third kappa shape index (κ3) is 2.75. The Balaban J connectivity index is 2.13. The summed E-state index contributed by atoms with van der Waals surface area (Å²) in [6, 6.07) is 14.0. The largest absolute Gasteiger partial charge is 0.485 e. The molecular formula is C17H16BrF2NO2. The van der Waals surface area contributed by atoms with Crippen LogP contribution in [0.5, 0.6) is 5.75 Å². The normalized spacial score (nSPS) is 24.0. The monoisotopic (exact) mass is 383 g/mol. The van der Waals surface area contributed by atoms with E-state index in [0.29, 0.717) is 10.2 Å². The van der Waals surface area contributed by atoms with Crippen molar-refractivity contribution in [3.8, 4) is 5.75 Å². The summed E-state index contributed by atoms with van der Waals surface area (Å²) in [5.74, 6) is -3.16. The lowest BCUT2D eigenvalue weighted by atomic mass is 9.76. The fourth-order valence-corrected chi connectivity index (χ4v) is 3.25. The smallest absolute Gasteiger partial charge is 0.292 e. The van der Waals surface area contributed by atoms with Crippen LogP contribution < -0.4 is 10.5 Å². The average Bonchev–Trinajstić information content (AvgIpc) is 2.56. The van der Waals surface area contributed by atoms with E-state index in [1.54, 1.807) is 12.1 Å². The van der Waals surface area contributed by atoms with Gasteiger partial charge < -0.3 is 15.6 Å². The zero-order valence-corrected chi connectivity index (χ0v) is 13.8. The average molecular weight is 384 g/mol. The van der Waals surface area contributed by atoms with Crippen molar-refractivity contribution >= 4 is 15.9 Å². The molecule has 3 N–H and O–H groups in total. The first-order valence-electron chi connectivity index (χ1n) is 7.16. The van der Waals surface area contributed by atoms with Crippen molar-refractivity contribution < 1.29 is 18.6 Å². The van der Waals surface area contributed by atoms with Gasteiger partial charge in [0.2, 0.25) is 0 Å². The highest BCUT2D eigenvalue weighted by Crippen LogP contribution is 2.50. The van der Waals surface area contributed by atoms with Gasteiger partial charge in [-0.3, -0.25) is 0 Å². The number of benzene rings is 2. The molecule has 23 heavy (non-hydrogen) atoms. The predicted octanol–water partition coefficient (Wildman–Crippen LogP) is 3.75. The maximum atomic E-state index is 14.5. The third-order valence-electron chi connectivity index (χ3n) is 4.22. The molecule has 2 unspecified atom stereocenters. The number of hydrogen-bond donors (Lipinski definition) is 2. The van der Waals surface area contributed by atoms with E-state index >= 15 is 0 Å². The summed E-state index contributed by atoms with van der Waals surface area (Å²) in [7, 11) is 0. The third-order valence-corrected chi connectivity index (χ3v) is 4.71. The summed E-state index contributed by atoms with van der Waals surface area (Å²) < 4.78 is 35.5. The van der Waals surface area contributed by atoms with Gasteiger partial charge in [-0.15, -0.1) is 0 Å². The number of aliphatic hydroxyl groups is 1. The molecule has 0 bridgehead atoms. The minimum absolute atomic E-state index is 0.131. The van der Waals surface area contributed by atoms with Crippen LogP contribution in [0.2, 0.25) is 0 Å². The Bertz CT molecular complexity index is 711. The highest BCUT2D eigenvalue weighted by atomic mass is 79.9. The maximum absolute atomic E-state index is 14.5. The Morgan fingerprint density at radius 3 is 2.61 bits per heavy atom. The van der Waals surface area contributed by atoms with Crippen LogP contribution in [0.15, 0.2) is 53.0 Å². The van der Waals surface area contributed by atoms with Crippen LogP contribution in [0.1, 0.15) is 23.7 Å². The van der Waals surface area contributed by atoms with E-state index in [9.17, 15) is 13.9 Å². The van der Waals surface area contributed by atoms with Crippen molar-refractivity contribution in [2.45, 2.75) is 24.0 Å². The summed E-state index contributed by atoms with van der Waals surface area (Å²) in [6.45, 7) is -1.32. The highest BCUT2D eigenvalue weighted by molar-refractivity contribution is 9.10. The van der Waals surface area contributed by atoms with E-state index in [0.717, 1.165) is 5.56 Å². The lowest BCUT2D eigenvalue weighted by Gasteiger charge is -2.43. The molecule has 0 spiro atoms. The Morgan fingerprint density at radius 2 is 1.96 bits per heavy atom. The van der Waals surface area contributed by atoms with Crippen LogP contribution in [0, 0.1) is 0 Å². The molecule has 2 atom stereocenters. The van der Waals surface area contributed by atoms with E-state index in [-0.39, 0.29) is 12.0 Å². The fourth-order valence-electron chi connectivity index (χ4n) is 2.89. The molecule has 2 aromatic carbocycles. The molecule has 0 saturated carbocycles. The van der Waals surface area contributed by atoms with Gasteiger partial charge in [0.15, 0.2) is 0 Å². The Hall–Kier alpha value is -1.50. The van der Waals surface area contributed by atoms with E-state index in [4.69, 9.17) is 10.5 Å². The van der Waals surface area contributed by atoms with Crippen molar-refractivity contribution in [2.24, 2.45) is 5.73 Å². The van der Waals surface area contributed by atoms with Gasteiger partial charge in [0.25, 0.3) is 5.92 Å². The summed E-state index contributed by atoms with van der Waals surface area (Å²) >= 11 is 3.27. The van der Waals surface area contributed by atoms with E-state index < -0.39 is 24.2 Å². The second-order valence-electron chi connectivity index (χ2n) is 5.70. The molecule has 0 amide bonds. The molecule has 0 aliphatic carbocycles. The number of fused-ring (bicyclic) bond motifs is 1. The van der Waals surface area contributed by atoms with E-state index in [1.165, 1.54) is 6.07 Å². The number of ether oxygens (including phenoxy) is 1. The molecule has 0 aromatic heterocycles. The molecular weight excluding hydrogens is 368 g/mol. The van der Waals surface area contributed by atoms with Crippen molar-refractivity contribution in [3.63, 3.8) is 0 Å². The van der Waals surface area contributed by atoms with Crippen LogP contribution in [0.4, 0.5) is 8.78 Å². The van der Waals surface area contributed by atoms with Crippen LogP contribution >= 0.6 is 15.9 Å². The molecule has 6 heteroatoms. The number of halogens is 3. The maximum Gasteiger partial charge on any atom is 0.292 e. The van der Waals surface area contributed by atoms with Crippen LogP contribution in [0.3, 0.4) is 0 Å². The SMILES string of the molecule is NC1(C(F)(F)CO)CC(c2ccccc2)Oc2ccc(Br)cc21. The summed E-state index contributed by atoms with van der Waals surface area (Å²) in [4.78, 5) is 0. The molecule has 1 heterocycles. The molecule has 1 aliphatic heterocycles. The molecule has 0 saturated heterocycles. The standard InChI is InChI=1S/C17H16BrF2NO2/c18-12-6-7-14-13(8-12)16(21,17(19,20)10-22)9-15(23-14)11-4-2-1-3-5-11/h1-8,15,22H,9-10,21H2. The first-order valence-corrected chi connectivity index (χ1v) is 7.96. The Morgan fingerprint density at radius 1 is 1.26 bits per heavy atom. The van der Waals surface area contributed by atoms with Gasteiger partial charge in [0.05, 0.1) is 0 Å². The summed E-state index contributed by atoms with van der Waals surface area (Å²) in [6.07, 6.45) is -0.735. The van der Waals surface area contributed by atoms with Gasteiger partial charge in [-0.05, 0) is 23.8 Å². The van der Waals surface area contributed by atoms with Crippen LogP contribution in [-0.4, -0.2) is 17.6 Å². The molecule has 0 radical (unpaired) electrons. The Labute approximate surface area is 141 Å². The molecule has 122 valence electrons. The fraction of sp³-hybridized carbons (Fsp3) is 0.294. The highest BCUT2D eigenvalue weighted by Gasteiger charge is 2.56. The van der Waals surface area contributed by atoms with Crippen molar-refractivity contribution in [1.82, 2.24) is 0 Å². The van der Waals surface area contributed by atoms with Crippen molar-refractivity contribution in [2.75, 3.05) is 6.61 Å². The topological polar surface area (TPSA) is 55.5 Å². The van der Waals surface area contributed by atoms with Gasteiger partial charge in [-0.25, -0.2) is 8.78 Å². The van der Waals surface area contributed by atoms with E-state index in [1.807, 2.05) is 30.3 Å². The lowest BCUT2D eigenvalue weighted by Crippen LogP contribution is -2.57. The molecule has 2 aromatic rings. The van der Waals surface area contributed by atoms with Crippen LogP contribution in [0.25, 0.3) is 0 Å². The number of aliphatic hydroxyl groups excluding tert-OH is 1. The molecule has 3 rings (SSSR count). The summed E-state index contributed by atoms with van der Waals surface area (Å²) in [5.41, 5.74) is 5.09. The predicted molar refractivity (Wildman–Crippen MR) is 86.5 cm³/mol. The molecule has 0 fully saturated rings. The zero-order valence-electron chi connectivity index (χ0n) is 12.2. The Kier molecular flexibility index (Phi) is 4.16. The number of alkyl halides is 2. The van der Waals surface area contributed by atoms with Crippen molar-refractivity contribution in [1.29, 1.82) is 0 Å². The van der Waals surface area contributed by atoms with Gasteiger partial charge in [-0.1, -0.05) is 46.3 Å². The quantitative estimate of drug-likeness (QED) is 0.848. The molecule has 3 nitrogen and oxygen atoms in total. The first kappa shape index (κ1) is 16.4. The minimum Gasteiger partial charge on any atom is -0.485 e. The van der Waals surface area contributed by atoms with Gasteiger partial charge in [0.1, 0.15) is 24.0 Å². The van der Waals surface area contributed by atoms with Crippen molar-refractivity contribution in [3.05, 3.63) is 64.1 Å². The first-order chi connectivity index (χ1) is 10.9. The van der Waals surface area contributed by atoms with Gasteiger partial charge >= 0.3 is 0 Å². The minimum atomic E-state index is -3.47. The lowest BCUT2D eigenvalue weighted by molar-refractivity contribution is -0.131. The second-order valence-corrected chi connectivity index (χ2v) is 6.61. The second kappa shape index (κ2) is 5.85. The zero-order chi connectivity index (χ0) is 16.7. The van der Waals surface area contributed by atoms with Gasteiger partial charge in [-0.2, -0.15) is 0 Å². The number of nitrogens with two attached hydrogens (primary N) is 1. The van der Waals surface area contributed by atoms with Gasteiger partial charge in [0, 0.05) is 16.5 Å². The van der Waals surface area contributed by atoms with E-state index in [2.05, 4.69) is 15.9 Å². The van der Waals surface area contributed by atoms with Crippen LogP contribution in [-0.2, 0) is 5.54 Å². The summed E-state index contributed by atoms with van der Waals surface area (Å²) in [5, 5.41) is 9.18.